The SMILES string of the molecule is CCOc1ccc(NC(=O)CN(C)C(C)(C)C(=O)O)cc1. The first-order valence-electron chi connectivity index (χ1n) is 6.74. The molecule has 1 rings (SSSR count). The van der Waals surface area contributed by atoms with Crippen molar-refractivity contribution in [2.75, 3.05) is 25.5 Å². The number of anilines is 1. The lowest BCUT2D eigenvalue weighted by molar-refractivity contribution is -0.148. The summed E-state index contributed by atoms with van der Waals surface area (Å²) in [6.45, 7) is 5.59. The molecular weight excluding hydrogens is 272 g/mol. The van der Waals surface area contributed by atoms with Crippen molar-refractivity contribution >= 4 is 17.6 Å². The molecule has 0 spiro atoms. The molecule has 116 valence electrons. The van der Waals surface area contributed by atoms with Crippen LogP contribution in [0.1, 0.15) is 20.8 Å². The van der Waals surface area contributed by atoms with Crippen LogP contribution in [-0.4, -0.2) is 47.6 Å². The number of ether oxygens (including phenoxy) is 1. The van der Waals surface area contributed by atoms with Gasteiger partial charge in [-0.25, -0.2) is 0 Å². The van der Waals surface area contributed by atoms with E-state index in [0.29, 0.717) is 12.3 Å². The van der Waals surface area contributed by atoms with Gasteiger partial charge < -0.3 is 15.2 Å². The van der Waals surface area contributed by atoms with Crippen molar-refractivity contribution in [3.63, 3.8) is 0 Å². The Balaban J connectivity index is 2.59. The normalized spacial score (nSPS) is 11.3. The Kier molecular flexibility index (Phi) is 5.72. The molecule has 0 heterocycles. The first-order valence-corrected chi connectivity index (χ1v) is 6.74. The smallest absolute Gasteiger partial charge is 0.323 e. The lowest BCUT2D eigenvalue weighted by Crippen LogP contribution is -2.50. The fraction of sp³-hybridized carbons (Fsp3) is 0.467. The zero-order chi connectivity index (χ0) is 16.0. The molecule has 21 heavy (non-hydrogen) atoms. The number of rotatable bonds is 7. The number of hydrogen-bond acceptors (Lipinski definition) is 4. The maximum atomic E-state index is 11.9. The molecule has 0 aliphatic carbocycles. The van der Waals surface area contributed by atoms with Crippen molar-refractivity contribution in [2.24, 2.45) is 0 Å². The molecule has 0 saturated heterocycles. The fourth-order valence-corrected chi connectivity index (χ4v) is 1.58. The molecule has 0 saturated carbocycles. The Bertz CT molecular complexity index is 497. The average Bonchev–Trinajstić information content (AvgIpc) is 2.40. The minimum Gasteiger partial charge on any atom is -0.494 e. The van der Waals surface area contributed by atoms with Crippen LogP contribution in [0.25, 0.3) is 0 Å². The summed E-state index contributed by atoms with van der Waals surface area (Å²) >= 11 is 0. The van der Waals surface area contributed by atoms with Gasteiger partial charge in [0.05, 0.1) is 13.2 Å². The van der Waals surface area contributed by atoms with Crippen molar-refractivity contribution in [3.05, 3.63) is 24.3 Å². The summed E-state index contributed by atoms with van der Waals surface area (Å²) in [5.74, 6) is -0.505. The maximum Gasteiger partial charge on any atom is 0.323 e. The number of likely N-dealkylation sites (N-methyl/N-ethyl adjacent to an activating group) is 1. The van der Waals surface area contributed by atoms with E-state index in [9.17, 15) is 9.59 Å². The molecule has 2 N–H and O–H groups in total. The van der Waals surface area contributed by atoms with Crippen LogP contribution in [0.4, 0.5) is 5.69 Å². The van der Waals surface area contributed by atoms with Crippen molar-refractivity contribution < 1.29 is 19.4 Å². The number of nitrogens with one attached hydrogen (secondary N) is 1. The Labute approximate surface area is 124 Å². The Morgan fingerprint density at radius 3 is 2.33 bits per heavy atom. The second-order valence-electron chi connectivity index (χ2n) is 5.23. The zero-order valence-electron chi connectivity index (χ0n) is 12.8. The molecule has 6 heteroatoms. The van der Waals surface area contributed by atoms with Gasteiger partial charge in [-0.05, 0) is 52.1 Å². The minimum absolute atomic E-state index is 0.00743. The summed E-state index contributed by atoms with van der Waals surface area (Å²) in [5, 5.41) is 11.8. The van der Waals surface area contributed by atoms with E-state index in [1.807, 2.05) is 6.92 Å². The summed E-state index contributed by atoms with van der Waals surface area (Å²) in [7, 11) is 1.60. The third kappa shape index (κ3) is 4.75. The highest BCUT2D eigenvalue weighted by molar-refractivity contribution is 5.92. The highest BCUT2D eigenvalue weighted by Gasteiger charge is 2.32. The summed E-state index contributed by atoms with van der Waals surface area (Å²) in [6, 6.07) is 7.02. The number of carboxylic acids is 1. The third-order valence-corrected chi connectivity index (χ3v) is 3.31. The van der Waals surface area contributed by atoms with E-state index < -0.39 is 11.5 Å². The highest BCUT2D eigenvalue weighted by Crippen LogP contribution is 2.16. The van der Waals surface area contributed by atoms with E-state index in [1.54, 1.807) is 45.2 Å². The second-order valence-corrected chi connectivity index (χ2v) is 5.23. The van der Waals surface area contributed by atoms with Crippen LogP contribution in [0.15, 0.2) is 24.3 Å². The van der Waals surface area contributed by atoms with Gasteiger partial charge in [-0.15, -0.1) is 0 Å². The molecule has 1 aromatic rings. The second kappa shape index (κ2) is 7.08. The van der Waals surface area contributed by atoms with Crippen LogP contribution in [0, 0.1) is 0 Å². The van der Waals surface area contributed by atoms with Gasteiger partial charge in [-0.2, -0.15) is 0 Å². The van der Waals surface area contributed by atoms with Crippen LogP contribution < -0.4 is 10.1 Å². The van der Waals surface area contributed by atoms with Crippen LogP contribution in [0.3, 0.4) is 0 Å². The number of nitrogens with zero attached hydrogens (tertiary/aromatic N) is 1. The number of aliphatic carboxylic acids is 1. The number of benzene rings is 1. The van der Waals surface area contributed by atoms with Gasteiger partial charge >= 0.3 is 5.97 Å². The highest BCUT2D eigenvalue weighted by atomic mass is 16.5. The van der Waals surface area contributed by atoms with Gasteiger partial charge in [-0.1, -0.05) is 0 Å². The van der Waals surface area contributed by atoms with Gasteiger partial charge in [0.25, 0.3) is 0 Å². The molecule has 0 fully saturated rings. The van der Waals surface area contributed by atoms with Crippen molar-refractivity contribution in [3.8, 4) is 5.75 Å². The predicted molar refractivity (Wildman–Crippen MR) is 80.6 cm³/mol. The summed E-state index contributed by atoms with van der Waals surface area (Å²) < 4.78 is 5.32. The number of carbonyl (C=O) groups excluding carboxylic acids is 1. The molecule has 0 aliphatic heterocycles. The quantitative estimate of drug-likeness (QED) is 0.802. The summed E-state index contributed by atoms with van der Waals surface area (Å²) in [4.78, 5) is 24.5. The summed E-state index contributed by atoms with van der Waals surface area (Å²) in [6.07, 6.45) is 0. The van der Waals surface area contributed by atoms with Crippen molar-refractivity contribution in [1.82, 2.24) is 4.90 Å². The van der Waals surface area contributed by atoms with E-state index in [1.165, 1.54) is 4.90 Å². The Hall–Kier alpha value is -2.08. The molecule has 1 aromatic carbocycles. The molecular formula is C15H22N2O4. The van der Waals surface area contributed by atoms with Gasteiger partial charge in [0.15, 0.2) is 0 Å². The van der Waals surface area contributed by atoms with E-state index >= 15 is 0 Å². The minimum atomic E-state index is -1.10. The van der Waals surface area contributed by atoms with Gasteiger partial charge in [-0.3, -0.25) is 14.5 Å². The predicted octanol–water partition coefficient (Wildman–Crippen LogP) is 1.82. The molecule has 0 atom stereocenters. The van der Waals surface area contributed by atoms with Crippen LogP contribution in [0.5, 0.6) is 5.75 Å². The Morgan fingerprint density at radius 1 is 1.29 bits per heavy atom. The number of amides is 1. The van der Waals surface area contributed by atoms with Gasteiger partial charge in [0, 0.05) is 5.69 Å². The molecule has 0 bridgehead atoms. The van der Waals surface area contributed by atoms with Crippen molar-refractivity contribution in [1.29, 1.82) is 0 Å². The topological polar surface area (TPSA) is 78.9 Å². The monoisotopic (exact) mass is 294 g/mol. The summed E-state index contributed by atoms with van der Waals surface area (Å²) in [5.41, 5.74) is -0.458. The first-order chi connectivity index (χ1) is 9.77. The number of carbonyl (C=O) groups is 2. The van der Waals surface area contributed by atoms with E-state index in [0.717, 1.165) is 5.75 Å². The van der Waals surface area contributed by atoms with Gasteiger partial charge in [0.1, 0.15) is 11.3 Å². The average molecular weight is 294 g/mol. The van der Waals surface area contributed by atoms with Crippen molar-refractivity contribution in [2.45, 2.75) is 26.3 Å². The van der Waals surface area contributed by atoms with E-state index in [-0.39, 0.29) is 12.5 Å². The molecule has 0 aromatic heterocycles. The fourth-order valence-electron chi connectivity index (χ4n) is 1.58. The Morgan fingerprint density at radius 2 is 1.86 bits per heavy atom. The lowest BCUT2D eigenvalue weighted by Gasteiger charge is -2.30. The molecule has 1 amide bonds. The standard InChI is InChI=1S/C15H22N2O4/c1-5-21-12-8-6-11(7-9-12)16-13(18)10-17(4)15(2,3)14(19)20/h6-9H,5,10H2,1-4H3,(H,16,18)(H,19,20). The van der Waals surface area contributed by atoms with E-state index in [2.05, 4.69) is 5.32 Å². The number of carboxylic acid groups (broad SMARTS) is 1. The van der Waals surface area contributed by atoms with Crippen LogP contribution in [0.2, 0.25) is 0 Å². The third-order valence-electron chi connectivity index (χ3n) is 3.31. The largest absolute Gasteiger partial charge is 0.494 e. The molecule has 0 aliphatic rings. The van der Waals surface area contributed by atoms with E-state index in [4.69, 9.17) is 9.84 Å². The maximum absolute atomic E-state index is 11.9. The first kappa shape index (κ1) is 17.0. The lowest BCUT2D eigenvalue weighted by atomic mass is 10.0. The molecule has 0 radical (unpaired) electrons. The van der Waals surface area contributed by atoms with Crippen LogP contribution in [-0.2, 0) is 9.59 Å². The van der Waals surface area contributed by atoms with Crippen LogP contribution >= 0.6 is 0 Å². The van der Waals surface area contributed by atoms with Gasteiger partial charge in [0.2, 0.25) is 5.91 Å². The number of hydrogen-bond donors (Lipinski definition) is 2. The zero-order valence-corrected chi connectivity index (χ0v) is 12.8. The molecule has 6 nitrogen and oxygen atoms in total. The molecule has 0 unspecified atom stereocenters.